The van der Waals surface area contributed by atoms with Crippen LogP contribution in [0.25, 0.3) is 0 Å². The van der Waals surface area contributed by atoms with E-state index in [9.17, 15) is 9.59 Å². The molecule has 1 aliphatic heterocycles. The first kappa shape index (κ1) is 9.51. The molecule has 0 radical (unpaired) electrons. The van der Waals surface area contributed by atoms with Crippen molar-refractivity contribution in [3.63, 3.8) is 0 Å². The molecule has 70 valence electrons. The lowest BCUT2D eigenvalue weighted by Gasteiger charge is -2.29. The van der Waals surface area contributed by atoms with Crippen molar-refractivity contribution >= 4 is 11.9 Å². The van der Waals surface area contributed by atoms with Gasteiger partial charge in [0.05, 0.1) is 0 Å². The van der Waals surface area contributed by atoms with Gasteiger partial charge in [0.15, 0.2) is 0 Å². The van der Waals surface area contributed by atoms with Crippen LogP contribution in [-0.2, 0) is 19.1 Å². The van der Waals surface area contributed by atoms with Crippen LogP contribution in [0.1, 0.15) is 13.8 Å². The van der Waals surface area contributed by atoms with E-state index in [4.69, 9.17) is 9.47 Å². The summed E-state index contributed by atoms with van der Waals surface area (Å²) >= 11 is 0. The Kier molecular flexibility index (Phi) is 2.23. The Balaban J connectivity index is 2.95. The number of hydrogen-bond acceptors (Lipinski definition) is 4. The summed E-state index contributed by atoms with van der Waals surface area (Å²) in [5.41, 5.74) is -0.130. The molecule has 0 bridgehead atoms. The van der Waals surface area contributed by atoms with Crippen LogP contribution in [0.2, 0.25) is 0 Å². The summed E-state index contributed by atoms with van der Waals surface area (Å²) < 4.78 is 9.62. The predicted octanol–water partition coefficient (Wildman–Crippen LogP) is 0.935. The Morgan fingerprint density at radius 3 is 2.08 bits per heavy atom. The minimum atomic E-state index is -1.17. The van der Waals surface area contributed by atoms with E-state index < -0.39 is 17.7 Å². The standard InChI is InChI=1S/C9H10O4/c1-4-5-6-7(10)12-9(2,3)13-8(6)11/h4-5H,1H2,2-3H3. The third-order valence-electron chi connectivity index (χ3n) is 1.40. The molecule has 0 amide bonds. The number of rotatable bonds is 1. The molecule has 1 aliphatic rings. The van der Waals surface area contributed by atoms with E-state index in [1.54, 1.807) is 0 Å². The van der Waals surface area contributed by atoms with E-state index in [1.165, 1.54) is 26.0 Å². The second kappa shape index (κ2) is 3.05. The van der Waals surface area contributed by atoms with Gasteiger partial charge < -0.3 is 9.47 Å². The maximum absolute atomic E-state index is 11.2. The summed E-state index contributed by atoms with van der Waals surface area (Å²) in [6.07, 6.45) is 2.59. The Morgan fingerprint density at radius 2 is 1.69 bits per heavy atom. The molecule has 13 heavy (non-hydrogen) atoms. The van der Waals surface area contributed by atoms with Crippen LogP contribution < -0.4 is 0 Å². The molecule has 0 unspecified atom stereocenters. The summed E-state index contributed by atoms with van der Waals surface area (Å²) in [4.78, 5) is 22.3. The fraction of sp³-hybridized carbons (Fsp3) is 0.333. The topological polar surface area (TPSA) is 52.6 Å². The van der Waals surface area contributed by atoms with Crippen molar-refractivity contribution in [1.29, 1.82) is 0 Å². The van der Waals surface area contributed by atoms with Gasteiger partial charge in [0.25, 0.3) is 5.79 Å². The fourth-order valence-electron chi connectivity index (χ4n) is 0.915. The van der Waals surface area contributed by atoms with Gasteiger partial charge in [-0.2, -0.15) is 0 Å². The van der Waals surface area contributed by atoms with Gasteiger partial charge in [0.2, 0.25) is 0 Å². The monoisotopic (exact) mass is 182 g/mol. The molecular weight excluding hydrogens is 172 g/mol. The first-order valence-electron chi connectivity index (χ1n) is 3.76. The molecule has 0 N–H and O–H groups in total. The first-order chi connectivity index (χ1) is 5.96. The van der Waals surface area contributed by atoms with E-state index in [1.807, 2.05) is 0 Å². The van der Waals surface area contributed by atoms with Crippen molar-refractivity contribution in [2.45, 2.75) is 19.6 Å². The van der Waals surface area contributed by atoms with Crippen LogP contribution in [0.5, 0.6) is 0 Å². The Morgan fingerprint density at radius 1 is 1.23 bits per heavy atom. The molecule has 4 heteroatoms. The molecule has 0 spiro atoms. The van der Waals surface area contributed by atoms with Gasteiger partial charge >= 0.3 is 11.9 Å². The number of esters is 2. The van der Waals surface area contributed by atoms with Crippen molar-refractivity contribution in [2.75, 3.05) is 0 Å². The van der Waals surface area contributed by atoms with Gasteiger partial charge in [0, 0.05) is 13.8 Å². The molecule has 1 fully saturated rings. The Hall–Kier alpha value is -1.58. The molecule has 0 atom stereocenters. The van der Waals surface area contributed by atoms with E-state index >= 15 is 0 Å². The Bertz CT molecular complexity index is 277. The largest absolute Gasteiger partial charge is 0.419 e. The molecule has 0 aromatic heterocycles. The lowest BCUT2D eigenvalue weighted by atomic mass is 10.2. The van der Waals surface area contributed by atoms with Crippen LogP contribution in [0.4, 0.5) is 0 Å². The van der Waals surface area contributed by atoms with E-state index in [0.29, 0.717) is 0 Å². The molecule has 1 rings (SSSR count). The van der Waals surface area contributed by atoms with Crippen LogP contribution in [0.15, 0.2) is 24.3 Å². The van der Waals surface area contributed by atoms with Gasteiger partial charge in [-0.3, -0.25) is 0 Å². The van der Waals surface area contributed by atoms with Crippen molar-refractivity contribution in [2.24, 2.45) is 0 Å². The second-order valence-corrected chi connectivity index (χ2v) is 2.99. The second-order valence-electron chi connectivity index (χ2n) is 2.99. The van der Waals surface area contributed by atoms with Crippen molar-refractivity contribution in [3.8, 4) is 0 Å². The maximum Gasteiger partial charge on any atom is 0.348 e. The lowest BCUT2D eigenvalue weighted by molar-refractivity contribution is -0.222. The van der Waals surface area contributed by atoms with Gasteiger partial charge in [-0.05, 0) is 6.08 Å². The van der Waals surface area contributed by atoms with Crippen LogP contribution >= 0.6 is 0 Å². The molecule has 0 aromatic carbocycles. The van der Waals surface area contributed by atoms with E-state index in [-0.39, 0.29) is 5.57 Å². The minimum Gasteiger partial charge on any atom is -0.419 e. The van der Waals surface area contributed by atoms with Crippen LogP contribution in [0, 0.1) is 0 Å². The molecule has 0 aromatic rings. The third-order valence-corrected chi connectivity index (χ3v) is 1.40. The molecule has 1 heterocycles. The molecular formula is C9H10O4. The van der Waals surface area contributed by atoms with Crippen molar-refractivity contribution in [3.05, 3.63) is 24.3 Å². The highest BCUT2D eigenvalue weighted by Crippen LogP contribution is 2.22. The zero-order valence-corrected chi connectivity index (χ0v) is 7.49. The highest BCUT2D eigenvalue weighted by Gasteiger charge is 2.38. The average Bonchev–Trinajstić information content (AvgIpc) is 1.94. The van der Waals surface area contributed by atoms with E-state index in [2.05, 4.69) is 6.58 Å². The zero-order valence-electron chi connectivity index (χ0n) is 7.49. The molecule has 0 aliphatic carbocycles. The van der Waals surface area contributed by atoms with Gasteiger partial charge in [-0.15, -0.1) is 0 Å². The third kappa shape index (κ3) is 1.96. The predicted molar refractivity (Wildman–Crippen MR) is 44.5 cm³/mol. The lowest BCUT2D eigenvalue weighted by Crippen LogP contribution is -2.41. The van der Waals surface area contributed by atoms with Crippen molar-refractivity contribution in [1.82, 2.24) is 0 Å². The van der Waals surface area contributed by atoms with E-state index in [0.717, 1.165) is 0 Å². The summed E-state index contributed by atoms with van der Waals surface area (Å²) in [7, 11) is 0. The molecule has 1 saturated heterocycles. The Labute approximate surface area is 75.8 Å². The van der Waals surface area contributed by atoms with Crippen LogP contribution in [-0.4, -0.2) is 17.7 Å². The summed E-state index contributed by atoms with van der Waals surface area (Å²) in [5.74, 6) is -2.53. The minimum absolute atomic E-state index is 0.130. The van der Waals surface area contributed by atoms with Crippen molar-refractivity contribution < 1.29 is 19.1 Å². The maximum atomic E-state index is 11.2. The quantitative estimate of drug-likeness (QED) is 0.344. The SMILES string of the molecule is C=CC=C1C(=O)OC(C)(C)OC1=O. The van der Waals surface area contributed by atoms with Gasteiger partial charge in [0.1, 0.15) is 5.57 Å². The number of allylic oxidation sites excluding steroid dienone is 2. The molecule has 0 saturated carbocycles. The van der Waals surface area contributed by atoms with Gasteiger partial charge in [-0.25, -0.2) is 9.59 Å². The number of carbonyl (C=O) groups is 2. The highest BCUT2D eigenvalue weighted by molar-refractivity contribution is 6.15. The summed E-state index contributed by atoms with van der Waals surface area (Å²) in [5, 5.41) is 0. The normalized spacial score (nSPS) is 20.3. The smallest absolute Gasteiger partial charge is 0.348 e. The molecule has 4 nitrogen and oxygen atoms in total. The fourth-order valence-corrected chi connectivity index (χ4v) is 0.915. The van der Waals surface area contributed by atoms with Crippen LogP contribution in [0.3, 0.4) is 0 Å². The van der Waals surface area contributed by atoms with Gasteiger partial charge in [-0.1, -0.05) is 12.7 Å². The number of carbonyl (C=O) groups excluding carboxylic acids is 2. The summed E-state index contributed by atoms with van der Waals surface area (Å²) in [6.45, 7) is 6.36. The average molecular weight is 182 g/mol. The number of ether oxygens (including phenoxy) is 2. The zero-order chi connectivity index (χ0) is 10.1. The highest BCUT2D eigenvalue weighted by atomic mass is 16.7. The summed E-state index contributed by atoms with van der Waals surface area (Å²) in [6, 6.07) is 0. The number of cyclic esters (lactones) is 2. The number of hydrogen-bond donors (Lipinski definition) is 0. The first-order valence-corrected chi connectivity index (χ1v) is 3.76.